The molecule has 1 heterocycles. The van der Waals surface area contributed by atoms with Crippen LogP contribution in [0.15, 0.2) is 0 Å². The smallest absolute Gasteiger partial charge is 0.0322 e. The first-order chi connectivity index (χ1) is 9.76. The molecule has 0 amide bonds. The highest BCUT2D eigenvalue weighted by molar-refractivity contribution is 8.07. The van der Waals surface area contributed by atoms with Crippen molar-refractivity contribution in [3.05, 3.63) is 0 Å². The number of rotatable bonds is 6. The molecule has 1 saturated carbocycles. The molecule has 1 saturated heterocycles. The van der Waals surface area contributed by atoms with Crippen LogP contribution < -0.4 is 5.32 Å². The largest absolute Gasteiger partial charge is 0.313 e. The van der Waals surface area contributed by atoms with Crippen molar-refractivity contribution in [1.82, 2.24) is 5.32 Å². The van der Waals surface area contributed by atoms with E-state index in [0.29, 0.717) is 0 Å². The number of thioether (sulfide) groups is 2. The Morgan fingerprint density at radius 3 is 2.65 bits per heavy atom. The summed E-state index contributed by atoms with van der Waals surface area (Å²) >= 11 is 4.50. The van der Waals surface area contributed by atoms with Crippen molar-refractivity contribution in [1.29, 1.82) is 0 Å². The molecule has 0 radical (unpaired) electrons. The van der Waals surface area contributed by atoms with Crippen LogP contribution in [0, 0.1) is 11.8 Å². The number of hydrogen-bond donors (Lipinski definition) is 1. The van der Waals surface area contributed by atoms with Gasteiger partial charge in [0.05, 0.1) is 0 Å². The fraction of sp³-hybridized carbons (Fsp3) is 1.00. The summed E-state index contributed by atoms with van der Waals surface area (Å²) in [5.74, 6) is 4.59. The zero-order valence-electron chi connectivity index (χ0n) is 13.6. The molecule has 5 unspecified atom stereocenters. The summed E-state index contributed by atoms with van der Waals surface area (Å²) < 4.78 is 0. The third-order valence-electron chi connectivity index (χ3n) is 4.96. The Labute approximate surface area is 134 Å². The van der Waals surface area contributed by atoms with E-state index in [2.05, 4.69) is 49.6 Å². The minimum Gasteiger partial charge on any atom is -0.313 e. The van der Waals surface area contributed by atoms with Crippen molar-refractivity contribution in [2.75, 3.05) is 18.1 Å². The van der Waals surface area contributed by atoms with Gasteiger partial charge in [-0.1, -0.05) is 33.6 Å². The summed E-state index contributed by atoms with van der Waals surface area (Å²) in [5.41, 5.74) is 0. The number of hydrogen-bond acceptors (Lipinski definition) is 3. The number of nitrogens with one attached hydrogen (secondary N) is 1. The monoisotopic (exact) mass is 315 g/mol. The third kappa shape index (κ3) is 4.58. The molecule has 0 bridgehead atoms. The predicted molar refractivity (Wildman–Crippen MR) is 96.0 cm³/mol. The Hall–Kier alpha value is 0.660. The molecule has 1 aliphatic heterocycles. The molecule has 2 rings (SSSR count). The van der Waals surface area contributed by atoms with E-state index in [-0.39, 0.29) is 0 Å². The fourth-order valence-electron chi connectivity index (χ4n) is 3.94. The van der Waals surface area contributed by atoms with Gasteiger partial charge in [0, 0.05) is 28.0 Å². The van der Waals surface area contributed by atoms with Crippen LogP contribution >= 0.6 is 23.5 Å². The molecule has 2 aliphatic rings. The summed E-state index contributed by atoms with van der Waals surface area (Å²) in [6.45, 7) is 8.35. The first-order valence-corrected chi connectivity index (χ1v) is 10.8. The Morgan fingerprint density at radius 1 is 1.15 bits per heavy atom. The summed E-state index contributed by atoms with van der Waals surface area (Å²) in [5, 5.41) is 5.68. The lowest BCUT2D eigenvalue weighted by Crippen LogP contribution is -2.50. The Kier molecular flexibility index (Phi) is 7.61. The zero-order chi connectivity index (χ0) is 14.4. The molecular formula is C17H33NS2. The lowest BCUT2D eigenvalue weighted by Gasteiger charge is -2.42. The van der Waals surface area contributed by atoms with Gasteiger partial charge >= 0.3 is 0 Å². The molecule has 1 aliphatic carbocycles. The molecule has 0 aromatic heterocycles. The topological polar surface area (TPSA) is 12.0 Å². The minimum absolute atomic E-state index is 0.764. The van der Waals surface area contributed by atoms with Crippen LogP contribution in [0.1, 0.15) is 59.3 Å². The van der Waals surface area contributed by atoms with Gasteiger partial charge in [-0.2, -0.15) is 23.5 Å². The van der Waals surface area contributed by atoms with Gasteiger partial charge in [-0.05, 0) is 44.1 Å². The van der Waals surface area contributed by atoms with Crippen molar-refractivity contribution in [2.24, 2.45) is 11.8 Å². The molecule has 118 valence electrons. The lowest BCUT2D eigenvalue weighted by atomic mass is 9.77. The van der Waals surface area contributed by atoms with Gasteiger partial charge in [0.1, 0.15) is 0 Å². The van der Waals surface area contributed by atoms with Gasteiger partial charge < -0.3 is 5.32 Å². The summed E-state index contributed by atoms with van der Waals surface area (Å²) in [6.07, 6.45) is 8.44. The van der Waals surface area contributed by atoms with Gasteiger partial charge in [0.25, 0.3) is 0 Å². The van der Waals surface area contributed by atoms with Crippen LogP contribution in [0.2, 0.25) is 0 Å². The second-order valence-corrected chi connectivity index (χ2v) is 9.30. The van der Waals surface area contributed by atoms with Crippen LogP contribution in [0.4, 0.5) is 0 Å². The maximum absolute atomic E-state index is 3.96. The first kappa shape index (κ1) is 17.0. The normalized spacial score (nSPS) is 36.8. The highest BCUT2D eigenvalue weighted by Crippen LogP contribution is 2.41. The quantitative estimate of drug-likeness (QED) is 0.755. The van der Waals surface area contributed by atoms with Gasteiger partial charge in [-0.15, -0.1) is 0 Å². The molecule has 1 N–H and O–H groups in total. The van der Waals surface area contributed by atoms with E-state index < -0.39 is 0 Å². The van der Waals surface area contributed by atoms with E-state index in [1.54, 1.807) is 0 Å². The van der Waals surface area contributed by atoms with Crippen molar-refractivity contribution in [3.8, 4) is 0 Å². The molecule has 0 spiro atoms. The van der Waals surface area contributed by atoms with E-state index in [4.69, 9.17) is 0 Å². The summed E-state index contributed by atoms with van der Waals surface area (Å²) in [4.78, 5) is 0. The van der Waals surface area contributed by atoms with Crippen LogP contribution in [0.3, 0.4) is 0 Å². The SMILES string of the molecule is CCCNC(C1CCCC(C)C1)C1SCCSC1CC. The standard InChI is InChI=1S/C17H33NS2/c1-4-9-18-16(14-8-6-7-13(3)12-14)17-15(5-2)19-10-11-20-17/h13-18H,4-12H2,1-3H3. The summed E-state index contributed by atoms with van der Waals surface area (Å²) in [7, 11) is 0. The fourth-order valence-corrected chi connectivity index (χ4v) is 7.28. The second kappa shape index (κ2) is 8.95. The molecule has 5 atom stereocenters. The van der Waals surface area contributed by atoms with Gasteiger partial charge in [0.15, 0.2) is 0 Å². The van der Waals surface area contributed by atoms with Crippen LogP contribution in [0.5, 0.6) is 0 Å². The molecule has 1 nitrogen and oxygen atoms in total. The van der Waals surface area contributed by atoms with E-state index in [9.17, 15) is 0 Å². The van der Waals surface area contributed by atoms with Crippen molar-refractivity contribution >= 4 is 23.5 Å². The lowest BCUT2D eigenvalue weighted by molar-refractivity contribution is 0.217. The highest BCUT2D eigenvalue weighted by Gasteiger charge is 2.37. The molecule has 0 aromatic carbocycles. The second-order valence-electron chi connectivity index (χ2n) is 6.66. The zero-order valence-corrected chi connectivity index (χ0v) is 15.2. The average molecular weight is 316 g/mol. The van der Waals surface area contributed by atoms with Gasteiger partial charge in [0.2, 0.25) is 0 Å². The summed E-state index contributed by atoms with van der Waals surface area (Å²) in [6, 6.07) is 0.764. The van der Waals surface area contributed by atoms with Crippen molar-refractivity contribution in [2.45, 2.75) is 75.8 Å². The first-order valence-electron chi connectivity index (χ1n) is 8.72. The van der Waals surface area contributed by atoms with Gasteiger partial charge in [-0.25, -0.2) is 0 Å². The maximum Gasteiger partial charge on any atom is 0.0322 e. The van der Waals surface area contributed by atoms with Gasteiger partial charge in [-0.3, -0.25) is 0 Å². The Bertz CT molecular complexity index is 272. The van der Waals surface area contributed by atoms with Crippen LogP contribution in [-0.4, -0.2) is 34.6 Å². The maximum atomic E-state index is 3.96. The highest BCUT2D eigenvalue weighted by atomic mass is 32.2. The molecule has 3 heteroatoms. The predicted octanol–water partition coefficient (Wildman–Crippen LogP) is 4.81. The van der Waals surface area contributed by atoms with E-state index in [0.717, 1.165) is 28.4 Å². The molecular weight excluding hydrogens is 282 g/mol. The van der Waals surface area contributed by atoms with E-state index in [1.807, 2.05) is 0 Å². The van der Waals surface area contributed by atoms with E-state index in [1.165, 1.54) is 56.6 Å². The average Bonchev–Trinajstić information content (AvgIpc) is 2.48. The van der Waals surface area contributed by atoms with Crippen LogP contribution in [0.25, 0.3) is 0 Å². The minimum atomic E-state index is 0.764. The third-order valence-corrected chi connectivity index (χ3v) is 8.33. The van der Waals surface area contributed by atoms with Crippen LogP contribution in [-0.2, 0) is 0 Å². The Balaban J connectivity index is 2.04. The molecule has 0 aromatic rings. The van der Waals surface area contributed by atoms with Crippen molar-refractivity contribution < 1.29 is 0 Å². The van der Waals surface area contributed by atoms with E-state index >= 15 is 0 Å². The molecule has 20 heavy (non-hydrogen) atoms. The van der Waals surface area contributed by atoms with Crippen molar-refractivity contribution in [3.63, 3.8) is 0 Å². The molecule has 2 fully saturated rings. The Morgan fingerprint density at radius 2 is 1.95 bits per heavy atom.